The van der Waals surface area contributed by atoms with Crippen LogP contribution in [0.15, 0.2) is 0 Å². The van der Waals surface area contributed by atoms with Gasteiger partial charge in [-0.2, -0.15) is 0 Å². The minimum absolute atomic E-state index is 0.0363. The molecular formula is C14H29NO2. The normalized spacial score (nSPS) is 22.6. The molecule has 0 aliphatic heterocycles. The highest BCUT2D eigenvalue weighted by atomic mass is 16.3. The lowest BCUT2D eigenvalue weighted by Gasteiger charge is -2.30. The van der Waals surface area contributed by atoms with E-state index in [1.54, 1.807) is 0 Å². The van der Waals surface area contributed by atoms with Gasteiger partial charge < -0.3 is 15.5 Å². The Hall–Kier alpha value is -0.120. The molecule has 1 rings (SSSR count). The molecule has 1 aliphatic carbocycles. The number of aliphatic hydroxyl groups is 2. The van der Waals surface area contributed by atoms with Gasteiger partial charge in [0.05, 0.1) is 6.10 Å². The Bertz CT molecular complexity index is 204. The molecule has 3 nitrogen and oxygen atoms in total. The fraction of sp³-hybridized carbons (Fsp3) is 1.00. The maximum absolute atomic E-state index is 10.0. The third kappa shape index (κ3) is 5.36. The summed E-state index contributed by atoms with van der Waals surface area (Å²) in [6.45, 7) is 5.09. The first-order valence-electron chi connectivity index (χ1n) is 7.13. The first-order chi connectivity index (χ1) is 8.09. The van der Waals surface area contributed by atoms with Crippen LogP contribution in [0.25, 0.3) is 0 Å². The number of hydrogen-bond acceptors (Lipinski definition) is 3. The van der Waals surface area contributed by atoms with Crippen LogP contribution in [0.5, 0.6) is 0 Å². The molecule has 3 heteroatoms. The van der Waals surface area contributed by atoms with Crippen molar-refractivity contribution >= 4 is 0 Å². The van der Waals surface area contributed by atoms with E-state index in [1.165, 1.54) is 25.7 Å². The van der Waals surface area contributed by atoms with Gasteiger partial charge in [0, 0.05) is 18.7 Å². The van der Waals surface area contributed by atoms with E-state index in [2.05, 4.69) is 19.2 Å². The summed E-state index contributed by atoms with van der Waals surface area (Å²) in [6, 6.07) is 0. The summed E-state index contributed by atoms with van der Waals surface area (Å²) >= 11 is 0. The zero-order chi connectivity index (χ0) is 12.7. The number of nitrogens with one attached hydrogen (secondary N) is 1. The predicted molar refractivity (Wildman–Crippen MR) is 71.0 cm³/mol. The second-order valence-electron chi connectivity index (χ2n) is 5.81. The van der Waals surface area contributed by atoms with E-state index in [0.717, 1.165) is 25.2 Å². The molecule has 0 radical (unpaired) electrons. The van der Waals surface area contributed by atoms with Gasteiger partial charge in [-0.25, -0.2) is 0 Å². The van der Waals surface area contributed by atoms with Crippen LogP contribution in [-0.2, 0) is 0 Å². The zero-order valence-electron chi connectivity index (χ0n) is 11.4. The van der Waals surface area contributed by atoms with Gasteiger partial charge in [0.15, 0.2) is 0 Å². The third-order valence-corrected chi connectivity index (χ3v) is 4.29. The van der Waals surface area contributed by atoms with Crippen LogP contribution in [0.2, 0.25) is 0 Å². The molecule has 0 heterocycles. The molecule has 0 bridgehead atoms. The molecule has 1 saturated carbocycles. The molecule has 0 aromatic heterocycles. The Labute approximate surface area is 106 Å². The van der Waals surface area contributed by atoms with E-state index in [-0.39, 0.29) is 18.2 Å². The van der Waals surface area contributed by atoms with Crippen molar-refractivity contribution in [1.29, 1.82) is 0 Å². The minimum Gasteiger partial charge on any atom is -0.396 e. The Morgan fingerprint density at radius 2 is 2.00 bits per heavy atom. The van der Waals surface area contributed by atoms with Crippen LogP contribution in [0.1, 0.15) is 58.8 Å². The average molecular weight is 243 g/mol. The molecule has 3 N–H and O–H groups in total. The quantitative estimate of drug-likeness (QED) is 0.612. The summed E-state index contributed by atoms with van der Waals surface area (Å²) in [5, 5.41) is 22.4. The molecule has 2 unspecified atom stereocenters. The first kappa shape index (κ1) is 14.9. The monoisotopic (exact) mass is 243 g/mol. The van der Waals surface area contributed by atoms with Crippen LogP contribution in [0.4, 0.5) is 0 Å². The van der Waals surface area contributed by atoms with Crippen molar-refractivity contribution in [2.45, 2.75) is 70.4 Å². The summed E-state index contributed by atoms with van der Waals surface area (Å²) in [5.41, 5.74) is -0.0363. The fourth-order valence-corrected chi connectivity index (χ4v) is 2.72. The van der Waals surface area contributed by atoms with E-state index in [0.29, 0.717) is 6.54 Å². The molecule has 102 valence electrons. The lowest BCUT2D eigenvalue weighted by Crippen LogP contribution is -2.46. The summed E-state index contributed by atoms with van der Waals surface area (Å²) in [5.74, 6) is 0.734. The first-order valence-corrected chi connectivity index (χ1v) is 7.13. The van der Waals surface area contributed by atoms with Crippen LogP contribution < -0.4 is 5.32 Å². The van der Waals surface area contributed by atoms with E-state index < -0.39 is 0 Å². The van der Waals surface area contributed by atoms with E-state index in [1.807, 2.05) is 0 Å². The van der Waals surface area contributed by atoms with Crippen molar-refractivity contribution in [3.05, 3.63) is 0 Å². The highest BCUT2D eigenvalue weighted by Gasteiger charge is 2.23. The van der Waals surface area contributed by atoms with Crippen molar-refractivity contribution in [3.8, 4) is 0 Å². The molecule has 0 aromatic carbocycles. The maximum atomic E-state index is 10.0. The molecular weight excluding hydrogens is 214 g/mol. The second-order valence-corrected chi connectivity index (χ2v) is 5.81. The highest BCUT2D eigenvalue weighted by molar-refractivity contribution is 4.83. The van der Waals surface area contributed by atoms with Crippen molar-refractivity contribution in [3.63, 3.8) is 0 Å². The fourth-order valence-electron chi connectivity index (χ4n) is 2.72. The van der Waals surface area contributed by atoms with Gasteiger partial charge in [0.1, 0.15) is 0 Å². The van der Waals surface area contributed by atoms with Crippen LogP contribution >= 0.6 is 0 Å². The molecule has 1 fully saturated rings. The van der Waals surface area contributed by atoms with E-state index in [4.69, 9.17) is 5.11 Å². The zero-order valence-corrected chi connectivity index (χ0v) is 11.4. The van der Waals surface area contributed by atoms with Crippen molar-refractivity contribution < 1.29 is 10.2 Å². The van der Waals surface area contributed by atoms with Gasteiger partial charge >= 0.3 is 0 Å². The summed E-state index contributed by atoms with van der Waals surface area (Å²) in [6.07, 6.45) is 7.68. The Morgan fingerprint density at radius 1 is 1.35 bits per heavy atom. The van der Waals surface area contributed by atoms with Gasteiger partial charge in [0.2, 0.25) is 0 Å². The van der Waals surface area contributed by atoms with Crippen LogP contribution in [0.3, 0.4) is 0 Å². The number of rotatable bonds is 8. The minimum atomic E-state index is -0.234. The van der Waals surface area contributed by atoms with E-state index >= 15 is 0 Å². The molecule has 0 spiro atoms. The third-order valence-electron chi connectivity index (χ3n) is 4.29. The molecule has 0 amide bonds. The lowest BCUT2D eigenvalue weighted by atomic mass is 9.93. The van der Waals surface area contributed by atoms with Gasteiger partial charge in [-0.15, -0.1) is 0 Å². The highest BCUT2D eigenvalue weighted by Crippen LogP contribution is 2.28. The standard InChI is InChI=1S/C14H29NO2/c1-3-14(2,8-9-16)15-11-13(17)10-12-6-4-5-7-12/h12-13,15-17H,3-11H2,1-2H3. The van der Waals surface area contributed by atoms with Crippen molar-refractivity contribution in [2.24, 2.45) is 5.92 Å². The smallest absolute Gasteiger partial charge is 0.0667 e. The SMILES string of the molecule is CCC(C)(CCO)NCC(O)CC1CCCC1. The Balaban J connectivity index is 2.22. The average Bonchev–Trinajstić information content (AvgIpc) is 2.80. The topological polar surface area (TPSA) is 52.5 Å². The van der Waals surface area contributed by atoms with Crippen LogP contribution in [-0.4, -0.2) is 35.0 Å². The van der Waals surface area contributed by atoms with Gasteiger partial charge in [-0.3, -0.25) is 0 Å². The summed E-state index contributed by atoms with van der Waals surface area (Å²) in [7, 11) is 0. The summed E-state index contributed by atoms with van der Waals surface area (Å²) < 4.78 is 0. The van der Waals surface area contributed by atoms with Crippen molar-refractivity contribution in [1.82, 2.24) is 5.32 Å². The Kier molecular flexibility index (Phi) is 6.45. The van der Waals surface area contributed by atoms with Crippen LogP contribution in [0, 0.1) is 5.92 Å². The van der Waals surface area contributed by atoms with Gasteiger partial charge in [-0.05, 0) is 32.1 Å². The van der Waals surface area contributed by atoms with Gasteiger partial charge in [0.25, 0.3) is 0 Å². The lowest BCUT2D eigenvalue weighted by molar-refractivity contribution is 0.121. The van der Waals surface area contributed by atoms with Crippen molar-refractivity contribution in [2.75, 3.05) is 13.2 Å². The van der Waals surface area contributed by atoms with Gasteiger partial charge in [-0.1, -0.05) is 32.6 Å². The molecule has 0 aromatic rings. The second kappa shape index (κ2) is 7.34. The Morgan fingerprint density at radius 3 is 2.53 bits per heavy atom. The molecule has 1 aliphatic rings. The number of hydrogen-bond donors (Lipinski definition) is 3. The van der Waals surface area contributed by atoms with E-state index in [9.17, 15) is 5.11 Å². The largest absolute Gasteiger partial charge is 0.396 e. The molecule has 0 saturated heterocycles. The molecule has 2 atom stereocenters. The number of aliphatic hydroxyl groups excluding tert-OH is 2. The predicted octanol–water partition coefficient (Wildman–Crippen LogP) is 2.07. The summed E-state index contributed by atoms with van der Waals surface area (Å²) in [4.78, 5) is 0. The maximum Gasteiger partial charge on any atom is 0.0667 e. The number of β-amino-alcohol motifs (C(OH)–C–C–N with tert-alkyl or cyclic N) is 1. The molecule has 17 heavy (non-hydrogen) atoms.